The number of oxime groups is 1. The molecule has 2 unspecified atom stereocenters. The van der Waals surface area contributed by atoms with Crippen molar-refractivity contribution in [2.24, 2.45) is 45.6 Å². The maximum Gasteiger partial charge on any atom is 0.0632 e. The summed E-state index contributed by atoms with van der Waals surface area (Å²) in [5, 5.41) is 13.1. The highest BCUT2D eigenvalue weighted by atomic mass is 16.4. The Morgan fingerprint density at radius 1 is 0.955 bits per heavy atom. The van der Waals surface area contributed by atoms with Crippen molar-refractivity contribution in [1.29, 1.82) is 0 Å². The van der Waals surface area contributed by atoms with Crippen LogP contribution in [-0.4, -0.2) is 10.9 Å². The van der Waals surface area contributed by atoms with Crippen LogP contribution in [0.15, 0.2) is 5.16 Å². The van der Waals surface area contributed by atoms with Crippen LogP contribution in [0.3, 0.4) is 0 Å². The Bertz CT molecular complexity index is 486. The molecule has 0 saturated heterocycles. The van der Waals surface area contributed by atoms with E-state index in [4.69, 9.17) is 0 Å². The fraction of sp³-hybridized carbons (Fsp3) is 0.950. The topological polar surface area (TPSA) is 32.6 Å². The molecule has 4 fully saturated rings. The number of hydrogen-bond acceptors (Lipinski definition) is 2. The predicted octanol–water partition coefficient (Wildman–Crippen LogP) is 5.50. The summed E-state index contributed by atoms with van der Waals surface area (Å²) in [5.74, 6) is 4.57. The fourth-order valence-corrected chi connectivity index (χ4v) is 7.56. The van der Waals surface area contributed by atoms with Crippen LogP contribution in [-0.2, 0) is 0 Å². The van der Waals surface area contributed by atoms with Crippen molar-refractivity contribution in [2.75, 3.05) is 0 Å². The Labute approximate surface area is 135 Å². The molecular formula is C20H33NO. The molecule has 0 aliphatic heterocycles. The first-order valence-electron chi connectivity index (χ1n) is 9.69. The van der Waals surface area contributed by atoms with E-state index in [1.54, 1.807) is 0 Å². The van der Waals surface area contributed by atoms with E-state index < -0.39 is 0 Å². The van der Waals surface area contributed by atoms with Gasteiger partial charge in [0.15, 0.2) is 0 Å². The van der Waals surface area contributed by atoms with Crippen molar-refractivity contribution in [2.45, 2.75) is 78.6 Å². The van der Waals surface area contributed by atoms with Crippen molar-refractivity contribution in [3.63, 3.8) is 0 Å². The Kier molecular flexibility index (Phi) is 3.40. The summed E-state index contributed by atoms with van der Waals surface area (Å²) < 4.78 is 0. The SMILES string of the molecule is C[C@H]1CC[C@@H]2C3CC[C@]4(C)/C(=N/O)CCC4[C@@H]3CC[C@]2(C)C1. The van der Waals surface area contributed by atoms with E-state index in [0.717, 1.165) is 41.7 Å². The Morgan fingerprint density at radius 2 is 1.68 bits per heavy atom. The van der Waals surface area contributed by atoms with E-state index in [9.17, 15) is 5.21 Å². The van der Waals surface area contributed by atoms with Crippen LogP contribution in [0.1, 0.15) is 78.6 Å². The summed E-state index contributed by atoms with van der Waals surface area (Å²) in [4.78, 5) is 0. The second-order valence-electron chi connectivity index (χ2n) is 9.66. The van der Waals surface area contributed by atoms with Crippen molar-refractivity contribution in [3.8, 4) is 0 Å². The molecule has 1 N–H and O–H groups in total. The lowest BCUT2D eigenvalue weighted by atomic mass is 9.46. The minimum atomic E-state index is 0.214. The quantitative estimate of drug-likeness (QED) is 0.465. The van der Waals surface area contributed by atoms with Gasteiger partial charge in [0.2, 0.25) is 0 Å². The minimum Gasteiger partial charge on any atom is -0.411 e. The Morgan fingerprint density at radius 3 is 2.45 bits per heavy atom. The van der Waals surface area contributed by atoms with E-state index in [2.05, 4.69) is 25.9 Å². The van der Waals surface area contributed by atoms with Gasteiger partial charge in [-0.2, -0.15) is 0 Å². The number of fused-ring (bicyclic) bond motifs is 5. The third-order valence-corrected chi connectivity index (χ3v) is 8.60. The highest BCUT2D eigenvalue weighted by molar-refractivity contribution is 5.91. The molecule has 22 heavy (non-hydrogen) atoms. The predicted molar refractivity (Wildman–Crippen MR) is 90.1 cm³/mol. The van der Waals surface area contributed by atoms with Crippen LogP contribution < -0.4 is 0 Å². The summed E-state index contributed by atoms with van der Waals surface area (Å²) in [6.07, 6.45) is 12.2. The smallest absolute Gasteiger partial charge is 0.0632 e. The zero-order valence-corrected chi connectivity index (χ0v) is 14.6. The fourth-order valence-electron chi connectivity index (χ4n) is 7.56. The van der Waals surface area contributed by atoms with Crippen LogP contribution >= 0.6 is 0 Å². The summed E-state index contributed by atoms with van der Waals surface area (Å²) in [6, 6.07) is 0. The standard InChI is InChI=1S/C20H33NO/c1-13-4-5-16-14-9-11-20(3)17(6-7-18(20)21-22)15(14)8-10-19(16,2)12-13/h13-17,22H,4-12H2,1-3H3/b21-18+/t13-,14?,15+,16+,17?,19+,20-/m0/s1. The number of hydrogen-bond donors (Lipinski definition) is 1. The van der Waals surface area contributed by atoms with Gasteiger partial charge in [-0.3, -0.25) is 0 Å². The maximum absolute atomic E-state index is 9.41. The molecule has 2 heteroatoms. The zero-order chi connectivity index (χ0) is 15.5. The second-order valence-corrected chi connectivity index (χ2v) is 9.66. The van der Waals surface area contributed by atoms with Gasteiger partial charge in [-0.1, -0.05) is 32.3 Å². The first-order valence-corrected chi connectivity index (χ1v) is 9.69. The molecule has 0 radical (unpaired) electrons. The highest BCUT2D eigenvalue weighted by Gasteiger charge is 2.58. The first kappa shape index (κ1) is 15.0. The van der Waals surface area contributed by atoms with Crippen LogP contribution in [0.2, 0.25) is 0 Å². The van der Waals surface area contributed by atoms with E-state index in [1.807, 2.05) is 0 Å². The van der Waals surface area contributed by atoms with Crippen molar-refractivity contribution >= 4 is 5.71 Å². The van der Waals surface area contributed by atoms with Crippen molar-refractivity contribution < 1.29 is 5.21 Å². The molecule has 4 aliphatic carbocycles. The van der Waals surface area contributed by atoms with Gasteiger partial charge >= 0.3 is 0 Å². The Balaban J connectivity index is 1.62. The zero-order valence-electron chi connectivity index (χ0n) is 14.6. The second kappa shape index (κ2) is 4.98. The van der Waals surface area contributed by atoms with Crippen molar-refractivity contribution in [3.05, 3.63) is 0 Å². The largest absolute Gasteiger partial charge is 0.411 e. The average molecular weight is 303 g/mol. The van der Waals surface area contributed by atoms with E-state index >= 15 is 0 Å². The lowest BCUT2D eigenvalue weighted by Gasteiger charge is -2.59. The maximum atomic E-state index is 9.41. The molecule has 4 saturated carbocycles. The van der Waals surface area contributed by atoms with Crippen molar-refractivity contribution in [1.82, 2.24) is 0 Å². The molecule has 0 aromatic carbocycles. The van der Waals surface area contributed by atoms with E-state index in [-0.39, 0.29) is 5.41 Å². The molecule has 4 aliphatic rings. The van der Waals surface area contributed by atoms with Gasteiger partial charge in [0.05, 0.1) is 5.71 Å². The van der Waals surface area contributed by atoms with Gasteiger partial charge < -0.3 is 5.21 Å². The summed E-state index contributed by atoms with van der Waals surface area (Å²) in [5.41, 5.74) is 1.95. The monoisotopic (exact) mass is 303 g/mol. The third-order valence-electron chi connectivity index (χ3n) is 8.60. The number of rotatable bonds is 0. The lowest BCUT2D eigenvalue weighted by Crippen LogP contribution is -2.51. The summed E-state index contributed by atoms with van der Waals surface area (Å²) in [7, 11) is 0. The third kappa shape index (κ3) is 1.94. The molecular weight excluding hydrogens is 270 g/mol. The van der Waals surface area contributed by atoms with Crippen LogP contribution in [0.5, 0.6) is 0 Å². The van der Waals surface area contributed by atoms with Crippen LogP contribution in [0.4, 0.5) is 0 Å². The van der Waals surface area contributed by atoms with Crippen LogP contribution in [0.25, 0.3) is 0 Å². The molecule has 0 bridgehead atoms. The average Bonchev–Trinajstić information content (AvgIpc) is 2.82. The van der Waals surface area contributed by atoms with E-state index in [1.165, 1.54) is 51.4 Å². The summed E-state index contributed by atoms with van der Waals surface area (Å²) >= 11 is 0. The Hall–Kier alpha value is -0.530. The summed E-state index contributed by atoms with van der Waals surface area (Å²) in [6.45, 7) is 7.46. The lowest BCUT2D eigenvalue weighted by molar-refractivity contribution is -0.0865. The molecule has 0 aromatic rings. The van der Waals surface area contributed by atoms with Gasteiger partial charge in [0.1, 0.15) is 0 Å². The minimum absolute atomic E-state index is 0.214. The normalized spacial score (nSPS) is 56.3. The molecule has 0 heterocycles. The van der Waals surface area contributed by atoms with Gasteiger partial charge in [0.25, 0.3) is 0 Å². The molecule has 0 aromatic heterocycles. The first-order chi connectivity index (χ1) is 10.5. The molecule has 7 atom stereocenters. The van der Waals surface area contributed by atoms with Gasteiger partial charge in [0, 0.05) is 5.41 Å². The highest BCUT2D eigenvalue weighted by Crippen LogP contribution is 2.64. The van der Waals surface area contributed by atoms with Gasteiger partial charge in [-0.15, -0.1) is 0 Å². The molecule has 2 nitrogen and oxygen atoms in total. The van der Waals surface area contributed by atoms with Crippen LogP contribution in [0, 0.1) is 40.4 Å². The number of nitrogens with zero attached hydrogens (tertiary/aromatic N) is 1. The molecule has 4 rings (SSSR count). The van der Waals surface area contributed by atoms with Gasteiger partial charge in [-0.05, 0) is 86.4 Å². The molecule has 0 spiro atoms. The van der Waals surface area contributed by atoms with Gasteiger partial charge in [-0.25, -0.2) is 0 Å². The molecule has 124 valence electrons. The van der Waals surface area contributed by atoms with E-state index in [0.29, 0.717) is 5.41 Å². The molecule has 0 amide bonds.